The van der Waals surface area contributed by atoms with Crippen LogP contribution in [0.25, 0.3) is 0 Å². The van der Waals surface area contributed by atoms with Crippen LogP contribution in [0, 0.1) is 12.7 Å². The number of anilines is 2. The van der Waals surface area contributed by atoms with Crippen molar-refractivity contribution in [3.8, 4) is 0 Å². The van der Waals surface area contributed by atoms with Gasteiger partial charge in [-0.25, -0.2) is 12.8 Å². The van der Waals surface area contributed by atoms with Crippen molar-refractivity contribution >= 4 is 27.3 Å². The SMILES string of the molecule is Cc1ccc(S(=O)(=O)N2CCCc3cc(NC(=O)c4ccccc4F)ccc32)cc1. The fourth-order valence-electron chi connectivity index (χ4n) is 3.57. The van der Waals surface area contributed by atoms with Gasteiger partial charge in [-0.3, -0.25) is 9.10 Å². The fourth-order valence-corrected chi connectivity index (χ4v) is 5.11. The predicted molar refractivity (Wildman–Crippen MR) is 115 cm³/mol. The van der Waals surface area contributed by atoms with E-state index in [1.54, 1.807) is 48.5 Å². The second kappa shape index (κ2) is 7.91. The van der Waals surface area contributed by atoms with Crippen LogP contribution >= 0.6 is 0 Å². The van der Waals surface area contributed by atoms with E-state index in [0.29, 0.717) is 30.8 Å². The van der Waals surface area contributed by atoms with Crippen molar-refractivity contribution in [2.75, 3.05) is 16.2 Å². The average Bonchev–Trinajstić information content (AvgIpc) is 2.73. The molecule has 5 nitrogen and oxygen atoms in total. The molecule has 1 aliphatic rings. The van der Waals surface area contributed by atoms with E-state index in [1.807, 2.05) is 6.92 Å². The number of benzene rings is 3. The lowest BCUT2D eigenvalue weighted by Gasteiger charge is -2.31. The second-order valence-corrected chi connectivity index (χ2v) is 9.13. The van der Waals surface area contributed by atoms with Gasteiger partial charge in [-0.2, -0.15) is 0 Å². The number of fused-ring (bicyclic) bond motifs is 1. The lowest BCUT2D eigenvalue weighted by molar-refractivity contribution is 0.102. The Morgan fingerprint density at radius 3 is 2.50 bits per heavy atom. The van der Waals surface area contributed by atoms with Crippen LogP contribution in [0.4, 0.5) is 15.8 Å². The quantitative estimate of drug-likeness (QED) is 0.669. The van der Waals surface area contributed by atoms with Gasteiger partial charge in [0.25, 0.3) is 15.9 Å². The Hall–Kier alpha value is -3.19. The molecule has 0 aromatic heterocycles. The van der Waals surface area contributed by atoms with Gasteiger partial charge < -0.3 is 5.32 Å². The molecule has 3 aromatic rings. The molecule has 0 radical (unpaired) electrons. The number of aryl methyl sites for hydroxylation is 2. The number of amides is 1. The lowest BCUT2D eigenvalue weighted by Crippen LogP contribution is -2.35. The molecular weight excluding hydrogens is 403 g/mol. The molecule has 0 saturated carbocycles. The van der Waals surface area contributed by atoms with Crippen molar-refractivity contribution in [1.29, 1.82) is 0 Å². The number of rotatable bonds is 4. The summed E-state index contributed by atoms with van der Waals surface area (Å²) >= 11 is 0. The molecule has 1 N–H and O–H groups in total. The summed E-state index contributed by atoms with van der Waals surface area (Å²) in [6.45, 7) is 2.30. The highest BCUT2D eigenvalue weighted by Gasteiger charge is 2.29. The van der Waals surface area contributed by atoms with Crippen LogP contribution in [-0.4, -0.2) is 20.9 Å². The van der Waals surface area contributed by atoms with Gasteiger partial charge in [0.05, 0.1) is 16.1 Å². The monoisotopic (exact) mass is 424 g/mol. The van der Waals surface area contributed by atoms with Gasteiger partial charge in [-0.15, -0.1) is 0 Å². The molecule has 0 unspecified atom stereocenters. The zero-order valence-corrected chi connectivity index (χ0v) is 17.2. The van der Waals surface area contributed by atoms with Crippen LogP contribution in [0.15, 0.2) is 71.6 Å². The normalized spacial score (nSPS) is 13.6. The highest BCUT2D eigenvalue weighted by molar-refractivity contribution is 7.92. The minimum atomic E-state index is -3.68. The summed E-state index contributed by atoms with van der Waals surface area (Å²) in [6.07, 6.45) is 1.36. The van der Waals surface area contributed by atoms with Gasteiger partial charge in [0, 0.05) is 12.2 Å². The summed E-state index contributed by atoms with van der Waals surface area (Å²) in [5.74, 6) is -1.14. The minimum absolute atomic E-state index is 0.0428. The van der Waals surface area contributed by atoms with E-state index in [-0.39, 0.29) is 10.5 Å². The molecule has 0 saturated heterocycles. The van der Waals surface area contributed by atoms with Gasteiger partial charge in [0.2, 0.25) is 0 Å². The number of carbonyl (C=O) groups is 1. The molecule has 3 aromatic carbocycles. The van der Waals surface area contributed by atoms with Crippen molar-refractivity contribution in [2.45, 2.75) is 24.7 Å². The first-order valence-corrected chi connectivity index (χ1v) is 11.1. The Labute approximate surface area is 175 Å². The molecule has 7 heteroatoms. The highest BCUT2D eigenvalue weighted by atomic mass is 32.2. The first kappa shape index (κ1) is 20.1. The molecule has 1 heterocycles. The Morgan fingerprint density at radius 1 is 1.03 bits per heavy atom. The Morgan fingerprint density at radius 2 is 1.77 bits per heavy atom. The number of hydrogen-bond donors (Lipinski definition) is 1. The molecule has 4 rings (SSSR count). The first-order valence-electron chi connectivity index (χ1n) is 9.64. The Bertz CT molecular complexity index is 1210. The first-order chi connectivity index (χ1) is 14.4. The van der Waals surface area contributed by atoms with Crippen LogP contribution in [-0.2, 0) is 16.4 Å². The van der Waals surface area contributed by atoms with Crippen LogP contribution in [0.5, 0.6) is 0 Å². The van der Waals surface area contributed by atoms with Gasteiger partial charge in [0.1, 0.15) is 5.82 Å². The molecule has 0 fully saturated rings. The molecular formula is C23H21FN2O3S. The van der Waals surface area contributed by atoms with E-state index in [0.717, 1.165) is 11.1 Å². The third kappa shape index (κ3) is 3.80. The summed E-state index contributed by atoms with van der Waals surface area (Å²) in [4.78, 5) is 12.6. The Kier molecular flexibility index (Phi) is 5.30. The highest BCUT2D eigenvalue weighted by Crippen LogP contribution is 2.34. The minimum Gasteiger partial charge on any atom is -0.322 e. The van der Waals surface area contributed by atoms with Crippen molar-refractivity contribution < 1.29 is 17.6 Å². The van der Waals surface area contributed by atoms with E-state index in [4.69, 9.17) is 0 Å². The smallest absolute Gasteiger partial charge is 0.264 e. The summed E-state index contributed by atoms with van der Waals surface area (Å²) < 4.78 is 41.6. The lowest BCUT2D eigenvalue weighted by atomic mass is 10.0. The predicted octanol–water partition coefficient (Wildman–Crippen LogP) is 4.53. The van der Waals surface area contributed by atoms with Crippen molar-refractivity contribution in [1.82, 2.24) is 0 Å². The zero-order chi connectivity index (χ0) is 21.3. The molecule has 0 atom stereocenters. The van der Waals surface area contributed by atoms with E-state index in [9.17, 15) is 17.6 Å². The molecule has 0 aliphatic carbocycles. The summed E-state index contributed by atoms with van der Waals surface area (Å²) in [5.41, 5.74) is 2.87. The fraction of sp³-hybridized carbons (Fsp3) is 0.174. The summed E-state index contributed by atoms with van der Waals surface area (Å²) in [7, 11) is -3.68. The van der Waals surface area contributed by atoms with E-state index in [1.165, 1.54) is 22.5 Å². The summed E-state index contributed by atoms with van der Waals surface area (Å²) in [5, 5.41) is 2.69. The average molecular weight is 424 g/mol. The second-order valence-electron chi connectivity index (χ2n) is 7.27. The number of hydrogen-bond acceptors (Lipinski definition) is 3. The number of halogens is 1. The number of nitrogens with zero attached hydrogens (tertiary/aromatic N) is 1. The Balaban J connectivity index is 1.62. The maximum absolute atomic E-state index is 13.9. The largest absolute Gasteiger partial charge is 0.322 e. The maximum atomic E-state index is 13.9. The molecule has 30 heavy (non-hydrogen) atoms. The van der Waals surface area contributed by atoms with Crippen LogP contribution < -0.4 is 9.62 Å². The molecule has 0 spiro atoms. The summed E-state index contributed by atoms with van der Waals surface area (Å²) in [6, 6.07) is 17.6. The zero-order valence-electron chi connectivity index (χ0n) is 16.4. The van der Waals surface area contributed by atoms with Crippen molar-refractivity contribution in [3.05, 3.63) is 89.2 Å². The van der Waals surface area contributed by atoms with Crippen LogP contribution in [0.1, 0.15) is 27.9 Å². The van der Waals surface area contributed by atoms with Gasteiger partial charge in [0.15, 0.2) is 0 Å². The van der Waals surface area contributed by atoms with E-state index < -0.39 is 21.7 Å². The number of carbonyl (C=O) groups excluding carboxylic acids is 1. The van der Waals surface area contributed by atoms with Crippen molar-refractivity contribution in [3.63, 3.8) is 0 Å². The molecule has 1 aliphatic heterocycles. The maximum Gasteiger partial charge on any atom is 0.264 e. The van der Waals surface area contributed by atoms with E-state index in [2.05, 4.69) is 5.32 Å². The third-order valence-electron chi connectivity index (χ3n) is 5.14. The topological polar surface area (TPSA) is 66.5 Å². The molecule has 1 amide bonds. The van der Waals surface area contributed by atoms with Crippen LogP contribution in [0.2, 0.25) is 0 Å². The standard InChI is InChI=1S/C23H21FN2O3S/c1-16-8-11-19(12-9-16)30(28,29)26-14-4-5-17-15-18(10-13-22(17)26)25-23(27)20-6-2-3-7-21(20)24/h2-3,6-13,15H,4-5,14H2,1H3,(H,25,27). The number of sulfonamides is 1. The van der Waals surface area contributed by atoms with E-state index >= 15 is 0 Å². The van der Waals surface area contributed by atoms with Crippen molar-refractivity contribution in [2.24, 2.45) is 0 Å². The molecule has 0 bridgehead atoms. The van der Waals surface area contributed by atoms with Gasteiger partial charge in [-0.1, -0.05) is 29.8 Å². The molecule has 154 valence electrons. The van der Waals surface area contributed by atoms with Crippen LogP contribution in [0.3, 0.4) is 0 Å². The van der Waals surface area contributed by atoms with Gasteiger partial charge >= 0.3 is 0 Å². The number of nitrogens with one attached hydrogen (secondary N) is 1. The third-order valence-corrected chi connectivity index (χ3v) is 6.97. The van der Waals surface area contributed by atoms with Gasteiger partial charge in [-0.05, 0) is 67.8 Å².